The summed E-state index contributed by atoms with van der Waals surface area (Å²) in [6.45, 7) is 2.57. The number of carbonyl (C=O) groups is 1. The van der Waals surface area contributed by atoms with Crippen molar-refractivity contribution in [1.82, 2.24) is 4.90 Å². The van der Waals surface area contributed by atoms with Crippen LogP contribution >= 0.6 is 24.8 Å². The first-order valence-electron chi connectivity index (χ1n) is 4.38. The summed E-state index contributed by atoms with van der Waals surface area (Å²) < 4.78 is 0. The van der Waals surface area contributed by atoms with Crippen molar-refractivity contribution in [3.8, 4) is 0 Å². The van der Waals surface area contributed by atoms with E-state index in [0.717, 1.165) is 25.9 Å². The van der Waals surface area contributed by atoms with Crippen molar-refractivity contribution in [3.05, 3.63) is 0 Å². The molecule has 0 aromatic rings. The van der Waals surface area contributed by atoms with Crippen molar-refractivity contribution in [3.63, 3.8) is 0 Å². The maximum absolute atomic E-state index is 10.3. The number of aliphatic carboxylic acids is 1. The first-order chi connectivity index (χ1) is 5.68. The van der Waals surface area contributed by atoms with E-state index in [9.17, 15) is 4.79 Å². The minimum absolute atomic E-state index is 0. The van der Waals surface area contributed by atoms with Gasteiger partial charge in [0.05, 0.1) is 6.42 Å². The average Bonchev–Trinajstić information content (AvgIpc) is 2.03. The Bertz CT molecular complexity index is 161. The highest BCUT2D eigenvalue weighted by Gasteiger charge is 2.15. The Labute approximate surface area is 96.6 Å². The van der Waals surface area contributed by atoms with Gasteiger partial charge in [-0.3, -0.25) is 4.79 Å². The van der Waals surface area contributed by atoms with Gasteiger partial charge in [0.15, 0.2) is 0 Å². The Morgan fingerprint density at radius 3 is 2.29 bits per heavy atom. The molecule has 0 atom stereocenters. The van der Waals surface area contributed by atoms with Gasteiger partial charge < -0.3 is 15.7 Å². The Balaban J connectivity index is 0. The predicted molar refractivity (Wildman–Crippen MR) is 60.4 cm³/mol. The maximum atomic E-state index is 10.3. The molecular formula is C8H18Cl2N2O2. The number of carboxylic acid groups (broad SMARTS) is 1. The molecule has 3 N–H and O–H groups in total. The molecule has 0 radical (unpaired) electrons. The summed E-state index contributed by atoms with van der Waals surface area (Å²) in [5.74, 6) is -0.718. The molecule has 6 heteroatoms. The van der Waals surface area contributed by atoms with Gasteiger partial charge in [-0.2, -0.15) is 0 Å². The number of piperidine rings is 1. The van der Waals surface area contributed by atoms with Crippen molar-refractivity contribution in [2.75, 3.05) is 19.6 Å². The lowest BCUT2D eigenvalue weighted by Gasteiger charge is -2.29. The third-order valence-electron chi connectivity index (χ3n) is 2.27. The SMILES string of the molecule is Cl.Cl.NC1CCN(CCC(=O)O)CC1. The first-order valence-corrected chi connectivity index (χ1v) is 4.38. The van der Waals surface area contributed by atoms with Gasteiger partial charge in [-0.1, -0.05) is 0 Å². The van der Waals surface area contributed by atoms with Crippen LogP contribution in [0.3, 0.4) is 0 Å². The lowest BCUT2D eigenvalue weighted by atomic mass is 10.1. The highest BCUT2D eigenvalue weighted by atomic mass is 35.5. The molecule has 14 heavy (non-hydrogen) atoms. The molecule has 0 spiro atoms. The van der Waals surface area contributed by atoms with Gasteiger partial charge in [-0.25, -0.2) is 0 Å². The summed E-state index contributed by atoms with van der Waals surface area (Å²) >= 11 is 0. The molecule has 1 fully saturated rings. The monoisotopic (exact) mass is 244 g/mol. The van der Waals surface area contributed by atoms with Crippen LogP contribution in [0.15, 0.2) is 0 Å². The quantitative estimate of drug-likeness (QED) is 0.769. The van der Waals surface area contributed by atoms with Crippen molar-refractivity contribution in [1.29, 1.82) is 0 Å². The van der Waals surface area contributed by atoms with E-state index in [1.54, 1.807) is 0 Å². The normalized spacial score (nSPS) is 18.1. The van der Waals surface area contributed by atoms with Crippen molar-refractivity contribution < 1.29 is 9.90 Å². The topological polar surface area (TPSA) is 66.6 Å². The Hall–Kier alpha value is -0.0300. The number of nitrogens with two attached hydrogens (primary N) is 1. The fourth-order valence-electron chi connectivity index (χ4n) is 1.43. The summed E-state index contributed by atoms with van der Waals surface area (Å²) in [4.78, 5) is 12.4. The van der Waals surface area contributed by atoms with E-state index >= 15 is 0 Å². The summed E-state index contributed by atoms with van der Waals surface area (Å²) in [5.41, 5.74) is 5.71. The predicted octanol–water partition coefficient (Wildman–Crippen LogP) is 0.728. The second-order valence-corrected chi connectivity index (χ2v) is 3.32. The molecule has 1 rings (SSSR count). The van der Waals surface area contributed by atoms with E-state index in [1.807, 2.05) is 0 Å². The third kappa shape index (κ3) is 6.43. The molecule has 1 aliphatic heterocycles. The largest absolute Gasteiger partial charge is 0.481 e. The highest BCUT2D eigenvalue weighted by Crippen LogP contribution is 2.07. The molecule has 0 aromatic carbocycles. The van der Waals surface area contributed by atoms with Gasteiger partial charge in [-0.15, -0.1) is 24.8 Å². The van der Waals surface area contributed by atoms with Crippen molar-refractivity contribution >= 4 is 30.8 Å². The van der Waals surface area contributed by atoms with Gasteiger partial charge in [-0.05, 0) is 25.9 Å². The Morgan fingerprint density at radius 1 is 1.36 bits per heavy atom. The van der Waals surface area contributed by atoms with Crippen LogP contribution in [0.4, 0.5) is 0 Å². The Kier molecular flexibility index (Phi) is 9.72. The molecule has 1 saturated heterocycles. The molecule has 0 aliphatic carbocycles. The molecule has 0 unspecified atom stereocenters. The van der Waals surface area contributed by atoms with Crippen LogP contribution in [-0.2, 0) is 4.79 Å². The van der Waals surface area contributed by atoms with Crippen molar-refractivity contribution in [2.24, 2.45) is 5.73 Å². The summed E-state index contributed by atoms with van der Waals surface area (Å²) in [5, 5.41) is 8.44. The zero-order chi connectivity index (χ0) is 8.97. The third-order valence-corrected chi connectivity index (χ3v) is 2.27. The smallest absolute Gasteiger partial charge is 0.304 e. The molecule has 1 aliphatic rings. The summed E-state index contributed by atoms with van der Waals surface area (Å²) in [6, 6.07) is 0.325. The van der Waals surface area contributed by atoms with E-state index in [1.165, 1.54) is 0 Å². The first kappa shape index (κ1) is 16.4. The summed E-state index contributed by atoms with van der Waals surface area (Å²) in [6.07, 6.45) is 2.24. The van der Waals surface area contributed by atoms with Crippen LogP contribution in [0, 0.1) is 0 Å². The Morgan fingerprint density at radius 2 is 1.86 bits per heavy atom. The van der Waals surface area contributed by atoms with E-state index in [2.05, 4.69) is 4.90 Å². The van der Waals surface area contributed by atoms with Gasteiger partial charge in [0, 0.05) is 12.6 Å². The minimum Gasteiger partial charge on any atom is -0.481 e. The molecule has 0 saturated carbocycles. The molecule has 0 aromatic heterocycles. The fraction of sp³-hybridized carbons (Fsp3) is 0.875. The minimum atomic E-state index is -0.718. The number of rotatable bonds is 3. The molecule has 0 bridgehead atoms. The molecule has 0 amide bonds. The molecule has 86 valence electrons. The van der Waals surface area contributed by atoms with E-state index in [-0.39, 0.29) is 31.2 Å². The number of hydrogen-bond acceptors (Lipinski definition) is 3. The lowest BCUT2D eigenvalue weighted by molar-refractivity contribution is -0.137. The van der Waals surface area contributed by atoms with Crippen LogP contribution in [0.1, 0.15) is 19.3 Å². The zero-order valence-electron chi connectivity index (χ0n) is 8.02. The highest BCUT2D eigenvalue weighted by molar-refractivity contribution is 5.85. The maximum Gasteiger partial charge on any atom is 0.304 e. The number of carboxylic acids is 1. The van der Waals surface area contributed by atoms with Crippen LogP contribution in [-0.4, -0.2) is 41.7 Å². The van der Waals surface area contributed by atoms with Gasteiger partial charge >= 0.3 is 5.97 Å². The second-order valence-electron chi connectivity index (χ2n) is 3.32. The van der Waals surface area contributed by atoms with Crippen LogP contribution in [0.2, 0.25) is 0 Å². The van der Waals surface area contributed by atoms with E-state index in [0.29, 0.717) is 12.6 Å². The van der Waals surface area contributed by atoms with E-state index in [4.69, 9.17) is 10.8 Å². The van der Waals surface area contributed by atoms with Gasteiger partial charge in [0.25, 0.3) is 0 Å². The number of halogens is 2. The zero-order valence-corrected chi connectivity index (χ0v) is 9.65. The molecule has 1 heterocycles. The molecular weight excluding hydrogens is 227 g/mol. The lowest BCUT2D eigenvalue weighted by Crippen LogP contribution is -2.40. The number of nitrogens with zero attached hydrogens (tertiary/aromatic N) is 1. The van der Waals surface area contributed by atoms with Gasteiger partial charge in [0.1, 0.15) is 0 Å². The summed E-state index contributed by atoms with van der Waals surface area (Å²) in [7, 11) is 0. The van der Waals surface area contributed by atoms with Crippen LogP contribution in [0.5, 0.6) is 0 Å². The van der Waals surface area contributed by atoms with Gasteiger partial charge in [0.2, 0.25) is 0 Å². The number of hydrogen-bond donors (Lipinski definition) is 2. The van der Waals surface area contributed by atoms with E-state index < -0.39 is 5.97 Å². The standard InChI is InChI=1S/C8H16N2O2.2ClH/c9-7-1-4-10(5-2-7)6-3-8(11)12;;/h7H,1-6,9H2,(H,11,12);2*1H. The second kappa shape index (κ2) is 8.29. The van der Waals surface area contributed by atoms with Crippen LogP contribution in [0.25, 0.3) is 0 Å². The van der Waals surface area contributed by atoms with Crippen LogP contribution < -0.4 is 5.73 Å². The number of likely N-dealkylation sites (tertiary alicyclic amines) is 1. The molecule has 4 nitrogen and oxygen atoms in total. The fourth-order valence-corrected chi connectivity index (χ4v) is 1.43. The van der Waals surface area contributed by atoms with Crippen molar-refractivity contribution in [2.45, 2.75) is 25.3 Å². The average molecular weight is 245 g/mol.